The number of phenolic OH excluding ortho intramolecular Hbond substituents is 1. The van der Waals surface area contributed by atoms with Gasteiger partial charge in [0.25, 0.3) is 5.91 Å². The van der Waals surface area contributed by atoms with Crippen molar-refractivity contribution in [3.8, 4) is 5.75 Å². The Balaban J connectivity index is 1.29. The van der Waals surface area contributed by atoms with Gasteiger partial charge in [-0.2, -0.15) is 10.1 Å². The van der Waals surface area contributed by atoms with Crippen LogP contribution < -0.4 is 5.32 Å². The first-order chi connectivity index (χ1) is 18.9. The first-order valence-electron chi connectivity index (χ1n) is 12.4. The van der Waals surface area contributed by atoms with Crippen LogP contribution in [0.2, 0.25) is 0 Å². The lowest BCUT2D eigenvalue weighted by Crippen LogP contribution is -2.43. The first kappa shape index (κ1) is 26.2. The minimum absolute atomic E-state index is 0.136. The number of aromatic hydroxyl groups is 1. The lowest BCUT2D eigenvalue weighted by molar-refractivity contribution is -0.141. The summed E-state index contributed by atoms with van der Waals surface area (Å²) in [6, 6.07) is 24.2. The normalized spacial score (nSPS) is 19.4. The summed E-state index contributed by atoms with van der Waals surface area (Å²) in [5.74, 6) is -1.98. The zero-order valence-corrected chi connectivity index (χ0v) is 21.6. The summed E-state index contributed by atoms with van der Waals surface area (Å²) in [7, 11) is 0. The Morgan fingerprint density at radius 2 is 1.67 bits per heavy atom. The molecule has 0 bridgehead atoms. The molecular weight excluding hydrogens is 516 g/mol. The highest BCUT2D eigenvalue weighted by atomic mass is 32.2. The summed E-state index contributed by atoms with van der Waals surface area (Å²) >= 11 is 1.15. The third kappa shape index (κ3) is 6.18. The number of carboxylic acids is 1. The van der Waals surface area contributed by atoms with E-state index >= 15 is 0 Å². The molecule has 9 nitrogen and oxygen atoms in total. The Bertz CT molecular complexity index is 1430. The maximum atomic E-state index is 12.8. The van der Waals surface area contributed by atoms with Gasteiger partial charge < -0.3 is 15.5 Å². The molecule has 2 heterocycles. The van der Waals surface area contributed by atoms with Gasteiger partial charge in [-0.05, 0) is 41.0 Å². The van der Waals surface area contributed by atoms with Crippen molar-refractivity contribution in [3.05, 3.63) is 102 Å². The van der Waals surface area contributed by atoms with Crippen molar-refractivity contribution in [2.24, 2.45) is 10.1 Å². The van der Waals surface area contributed by atoms with Crippen LogP contribution in [0.3, 0.4) is 0 Å². The van der Waals surface area contributed by atoms with Crippen LogP contribution in [-0.4, -0.2) is 55.2 Å². The zero-order chi connectivity index (χ0) is 27.4. The molecule has 5 rings (SSSR count). The molecule has 2 aliphatic rings. The molecule has 198 valence electrons. The lowest BCUT2D eigenvalue weighted by Gasteiger charge is -2.23. The van der Waals surface area contributed by atoms with E-state index in [9.17, 15) is 24.6 Å². The van der Waals surface area contributed by atoms with E-state index in [1.807, 2.05) is 36.4 Å². The number of thioether (sulfide) groups is 1. The predicted molar refractivity (Wildman–Crippen MR) is 148 cm³/mol. The number of aliphatic imine (C=N–C) groups is 1. The van der Waals surface area contributed by atoms with Gasteiger partial charge in [0.2, 0.25) is 5.91 Å². The molecule has 3 aromatic carbocycles. The van der Waals surface area contributed by atoms with Crippen LogP contribution in [0, 0.1) is 0 Å². The van der Waals surface area contributed by atoms with E-state index in [-0.39, 0.29) is 24.6 Å². The number of carbonyl (C=O) groups excluding carboxylic acids is 2. The topological polar surface area (TPSA) is 132 Å². The van der Waals surface area contributed by atoms with E-state index in [1.165, 1.54) is 0 Å². The van der Waals surface area contributed by atoms with Crippen LogP contribution in [0.5, 0.6) is 5.75 Å². The predicted octanol–water partition coefficient (Wildman–Crippen LogP) is 3.74. The van der Waals surface area contributed by atoms with E-state index in [1.54, 1.807) is 53.5 Å². The fourth-order valence-corrected chi connectivity index (χ4v) is 5.59. The fraction of sp³-hybridized carbons (Fsp3) is 0.207. The van der Waals surface area contributed by atoms with Crippen LogP contribution in [0.1, 0.15) is 35.6 Å². The third-order valence-electron chi connectivity index (χ3n) is 6.51. The molecule has 0 radical (unpaired) electrons. The Hall–Kier alpha value is -4.44. The molecule has 3 atom stereocenters. The number of hydrogen-bond donors (Lipinski definition) is 3. The van der Waals surface area contributed by atoms with Gasteiger partial charge in [0.15, 0.2) is 5.17 Å². The number of hydrazone groups is 1. The van der Waals surface area contributed by atoms with E-state index in [0.717, 1.165) is 34.2 Å². The minimum atomic E-state index is -1.14. The fourth-order valence-electron chi connectivity index (χ4n) is 4.53. The average Bonchev–Trinajstić information content (AvgIpc) is 3.54. The molecule has 0 unspecified atom stereocenters. The van der Waals surface area contributed by atoms with Gasteiger partial charge in [0, 0.05) is 19.3 Å². The number of carbonyl (C=O) groups is 3. The molecule has 3 aromatic rings. The highest BCUT2D eigenvalue weighted by Gasteiger charge is 2.39. The maximum Gasteiger partial charge on any atom is 0.326 e. The SMILES string of the molecule is O=C(C[C@@H]1SC(N2N=C(c3ccc(O)cc3)C[C@H]2c2ccccc2)=NC1=O)N[C@H](Cc1ccccc1)C(=O)O. The van der Waals surface area contributed by atoms with Crippen LogP contribution in [0.15, 0.2) is 95.0 Å². The Kier molecular flexibility index (Phi) is 7.74. The van der Waals surface area contributed by atoms with Crippen LogP contribution >= 0.6 is 11.8 Å². The van der Waals surface area contributed by atoms with E-state index in [0.29, 0.717) is 11.6 Å². The van der Waals surface area contributed by atoms with Crippen molar-refractivity contribution in [2.75, 3.05) is 0 Å². The van der Waals surface area contributed by atoms with Crippen molar-refractivity contribution < 1.29 is 24.6 Å². The minimum Gasteiger partial charge on any atom is -0.508 e. The van der Waals surface area contributed by atoms with Gasteiger partial charge in [0.05, 0.1) is 11.8 Å². The van der Waals surface area contributed by atoms with E-state index in [2.05, 4.69) is 10.3 Å². The molecule has 2 amide bonds. The van der Waals surface area contributed by atoms with Gasteiger partial charge in [0.1, 0.15) is 17.0 Å². The van der Waals surface area contributed by atoms with Crippen LogP contribution in [0.4, 0.5) is 0 Å². The number of phenols is 1. The number of aliphatic carboxylic acids is 1. The molecule has 10 heteroatoms. The molecule has 0 saturated heterocycles. The molecule has 0 aliphatic carbocycles. The number of hydrogen-bond acceptors (Lipinski definition) is 7. The highest BCUT2D eigenvalue weighted by molar-refractivity contribution is 8.15. The van der Waals surface area contributed by atoms with E-state index < -0.39 is 29.1 Å². The van der Waals surface area contributed by atoms with Crippen LogP contribution in [0.25, 0.3) is 0 Å². The molecule has 0 saturated carbocycles. The number of nitrogens with zero attached hydrogens (tertiary/aromatic N) is 3. The number of amides is 2. The second-order valence-corrected chi connectivity index (χ2v) is 10.4. The quantitative estimate of drug-likeness (QED) is 0.395. The van der Waals surface area contributed by atoms with Gasteiger partial charge >= 0.3 is 5.97 Å². The number of amidine groups is 1. The summed E-state index contributed by atoms with van der Waals surface area (Å²) in [6.45, 7) is 0. The zero-order valence-electron chi connectivity index (χ0n) is 20.8. The molecule has 0 spiro atoms. The maximum absolute atomic E-state index is 12.8. The number of rotatable bonds is 8. The molecular formula is C29H26N4O5S. The summed E-state index contributed by atoms with van der Waals surface area (Å²) in [6.07, 6.45) is 0.498. The molecule has 0 aromatic heterocycles. The van der Waals surface area contributed by atoms with Crippen molar-refractivity contribution in [1.29, 1.82) is 0 Å². The van der Waals surface area contributed by atoms with Crippen molar-refractivity contribution in [3.63, 3.8) is 0 Å². The first-order valence-corrected chi connectivity index (χ1v) is 13.3. The summed E-state index contributed by atoms with van der Waals surface area (Å²) < 4.78 is 0. The Morgan fingerprint density at radius 3 is 2.33 bits per heavy atom. The van der Waals surface area contributed by atoms with Crippen molar-refractivity contribution in [2.45, 2.75) is 36.6 Å². The van der Waals surface area contributed by atoms with Crippen molar-refractivity contribution in [1.82, 2.24) is 10.3 Å². The monoisotopic (exact) mass is 542 g/mol. The number of carboxylic acid groups (broad SMARTS) is 1. The standard InChI is InChI=1S/C29H26N4O5S/c34-21-13-11-19(12-14-21)22-16-24(20-9-5-2-6-10-20)33(32-22)29-31-27(36)25(39-29)17-26(35)30-23(28(37)38)15-18-7-3-1-4-8-18/h1-14,23-25,34H,15-17H2,(H,30,35)(H,37,38)/t23-,24+,25+/m1/s1. The Labute approximate surface area is 229 Å². The smallest absolute Gasteiger partial charge is 0.326 e. The number of nitrogens with one attached hydrogen (secondary N) is 1. The molecule has 3 N–H and O–H groups in total. The molecule has 0 fully saturated rings. The van der Waals surface area contributed by atoms with Gasteiger partial charge in [-0.1, -0.05) is 72.4 Å². The third-order valence-corrected chi connectivity index (χ3v) is 7.65. The summed E-state index contributed by atoms with van der Waals surface area (Å²) in [5.41, 5.74) is 3.41. The average molecular weight is 543 g/mol. The van der Waals surface area contributed by atoms with Crippen molar-refractivity contribution >= 4 is 40.4 Å². The highest BCUT2D eigenvalue weighted by Crippen LogP contribution is 2.38. The van der Waals surface area contributed by atoms with Gasteiger partial charge in [-0.25, -0.2) is 9.80 Å². The summed E-state index contributed by atoms with van der Waals surface area (Å²) in [4.78, 5) is 41.6. The summed E-state index contributed by atoms with van der Waals surface area (Å²) in [5, 5.41) is 27.9. The van der Waals surface area contributed by atoms with Gasteiger partial charge in [-0.3, -0.25) is 9.59 Å². The molecule has 39 heavy (non-hydrogen) atoms. The second-order valence-electron chi connectivity index (χ2n) is 9.26. The van der Waals surface area contributed by atoms with Gasteiger partial charge in [-0.15, -0.1) is 0 Å². The number of benzene rings is 3. The van der Waals surface area contributed by atoms with Crippen LogP contribution in [-0.2, 0) is 20.8 Å². The van der Waals surface area contributed by atoms with E-state index in [4.69, 9.17) is 5.10 Å². The largest absolute Gasteiger partial charge is 0.508 e. The second kappa shape index (κ2) is 11.5. The lowest BCUT2D eigenvalue weighted by atomic mass is 9.99. The molecule has 2 aliphatic heterocycles. The Morgan fingerprint density at radius 1 is 1.00 bits per heavy atom.